The summed E-state index contributed by atoms with van der Waals surface area (Å²) in [6.07, 6.45) is 3.16. The lowest BCUT2D eigenvalue weighted by Crippen LogP contribution is -2.63. The number of benzene rings is 3. The Labute approximate surface area is 235 Å². The van der Waals surface area contributed by atoms with Crippen molar-refractivity contribution in [3.05, 3.63) is 71.8 Å². The van der Waals surface area contributed by atoms with Crippen molar-refractivity contribution in [3.8, 4) is 11.5 Å². The molecule has 0 radical (unpaired) electrons. The molecule has 0 bridgehead atoms. The van der Waals surface area contributed by atoms with Gasteiger partial charge in [-0.25, -0.2) is 0 Å². The van der Waals surface area contributed by atoms with Crippen LogP contribution >= 0.6 is 0 Å². The minimum absolute atomic E-state index is 0.0499. The molecule has 3 aromatic rings. The average molecular weight is 547 g/mol. The second-order valence-corrected chi connectivity index (χ2v) is 9.83. The van der Waals surface area contributed by atoms with E-state index in [9.17, 15) is 19.2 Å². The monoisotopic (exact) mass is 546 g/mol. The zero-order chi connectivity index (χ0) is 29.3. The van der Waals surface area contributed by atoms with Crippen LogP contribution in [0.1, 0.15) is 73.1 Å². The molecule has 2 amide bonds. The first-order chi connectivity index (χ1) is 19.3. The van der Waals surface area contributed by atoms with Crippen molar-refractivity contribution in [2.45, 2.75) is 64.0 Å². The van der Waals surface area contributed by atoms with E-state index in [1.807, 2.05) is 38.1 Å². The first-order valence-electron chi connectivity index (χ1n) is 13.6. The SMILES string of the molecule is CCCC[C@H](N)C(=O)N(C(=O)c1ccc2ccccc2c1)[C@](C=O)(CCCC)C(=O)c1ccc(OC)c(OC)c1. The molecular formula is C32H38N2O6. The summed E-state index contributed by atoms with van der Waals surface area (Å²) in [6.45, 7) is 3.87. The zero-order valence-corrected chi connectivity index (χ0v) is 23.6. The number of amides is 2. The molecule has 0 aliphatic carbocycles. The number of unbranched alkanes of at least 4 members (excludes halogenated alkanes) is 2. The smallest absolute Gasteiger partial charge is 0.261 e. The summed E-state index contributed by atoms with van der Waals surface area (Å²) in [5.41, 5.74) is 4.48. The normalized spacial score (nSPS) is 13.2. The second-order valence-electron chi connectivity index (χ2n) is 9.83. The van der Waals surface area contributed by atoms with Gasteiger partial charge in [-0.2, -0.15) is 0 Å². The molecule has 2 N–H and O–H groups in total. The molecule has 0 fully saturated rings. The first-order valence-corrected chi connectivity index (χ1v) is 13.6. The fourth-order valence-electron chi connectivity index (χ4n) is 4.81. The largest absolute Gasteiger partial charge is 0.493 e. The Bertz CT molecular complexity index is 1370. The molecule has 3 aromatic carbocycles. The maximum atomic E-state index is 14.3. The highest BCUT2D eigenvalue weighted by Gasteiger charge is 2.50. The Morgan fingerprint density at radius 3 is 2.15 bits per heavy atom. The summed E-state index contributed by atoms with van der Waals surface area (Å²) >= 11 is 0. The van der Waals surface area contributed by atoms with Gasteiger partial charge in [-0.15, -0.1) is 0 Å². The van der Waals surface area contributed by atoms with Crippen LogP contribution in [0.25, 0.3) is 10.8 Å². The van der Waals surface area contributed by atoms with Crippen molar-refractivity contribution in [1.82, 2.24) is 4.90 Å². The number of fused-ring (bicyclic) bond motifs is 1. The molecule has 0 saturated carbocycles. The van der Waals surface area contributed by atoms with E-state index in [-0.39, 0.29) is 23.3 Å². The number of rotatable bonds is 14. The third kappa shape index (κ3) is 6.23. The number of ketones is 1. The quantitative estimate of drug-likeness (QED) is 0.164. The number of methoxy groups -OCH3 is 2. The number of carbonyl (C=O) groups excluding carboxylic acids is 4. The number of hydrogen-bond donors (Lipinski definition) is 1. The van der Waals surface area contributed by atoms with E-state index in [1.54, 1.807) is 24.3 Å². The van der Waals surface area contributed by atoms with Gasteiger partial charge in [0.2, 0.25) is 5.91 Å². The molecule has 0 aliphatic rings. The summed E-state index contributed by atoms with van der Waals surface area (Å²) in [4.78, 5) is 56.4. The maximum Gasteiger partial charge on any atom is 0.261 e. The standard InChI is InChI=1S/C32H38N2O6/c1-5-7-13-26(33)31(38)34(30(37)25-15-14-22-11-9-10-12-23(22)19-25)32(21-35,18-8-6-2)29(36)24-16-17-27(39-3)28(20-24)40-4/h9-12,14-17,19-21,26H,5-8,13,18,33H2,1-4H3/t26-,32-/m0/s1. The zero-order valence-electron chi connectivity index (χ0n) is 23.6. The molecule has 0 unspecified atom stereocenters. The van der Waals surface area contributed by atoms with Gasteiger partial charge in [-0.3, -0.25) is 19.3 Å². The van der Waals surface area contributed by atoms with Gasteiger partial charge in [-0.05, 0) is 53.9 Å². The van der Waals surface area contributed by atoms with Crippen molar-refractivity contribution >= 4 is 34.7 Å². The van der Waals surface area contributed by atoms with Gasteiger partial charge in [-0.1, -0.05) is 69.9 Å². The Morgan fingerprint density at radius 1 is 0.875 bits per heavy atom. The summed E-state index contributed by atoms with van der Waals surface area (Å²) in [7, 11) is 2.90. The maximum absolute atomic E-state index is 14.3. The molecule has 0 aromatic heterocycles. The van der Waals surface area contributed by atoms with E-state index in [4.69, 9.17) is 15.2 Å². The number of imide groups is 1. The Balaban J connectivity index is 2.23. The van der Waals surface area contributed by atoms with Crippen molar-refractivity contribution in [3.63, 3.8) is 0 Å². The van der Waals surface area contributed by atoms with E-state index in [2.05, 4.69) is 0 Å². The van der Waals surface area contributed by atoms with Gasteiger partial charge in [0.05, 0.1) is 20.3 Å². The van der Waals surface area contributed by atoms with Gasteiger partial charge in [0.25, 0.3) is 5.91 Å². The molecule has 3 rings (SSSR count). The lowest BCUT2D eigenvalue weighted by Gasteiger charge is -2.39. The van der Waals surface area contributed by atoms with Gasteiger partial charge < -0.3 is 20.0 Å². The molecule has 0 spiro atoms. The van der Waals surface area contributed by atoms with Crippen molar-refractivity contribution in [2.75, 3.05) is 14.2 Å². The van der Waals surface area contributed by atoms with Crippen LogP contribution in [-0.4, -0.2) is 54.6 Å². The van der Waals surface area contributed by atoms with E-state index in [0.717, 1.165) is 22.1 Å². The number of Topliss-reactive ketones (excluding diaryl/α,β-unsaturated/α-hetero) is 1. The van der Waals surface area contributed by atoms with Crippen molar-refractivity contribution in [1.29, 1.82) is 0 Å². The van der Waals surface area contributed by atoms with Gasteiger partial charge in [0, 0.05) is 11.1 Å². The van der Waals surface area contributed by atoms with Crippen LogP contribution in [0.3, 0.4) is 0 Å². The highest BCUT2D eigenvalue weighted by molar-refractivity contribution is 6.20. The Kier molecular flexibility index (Phi) is 10.6. The highest BCUT2D eigenvalue weighted by atomic mass is 16.5. The first kappa shape index (κ1) is 30.5. The van der Waals surface area contributed by atoms with Crippen LogP contribution in [0.5, 0.6) is 11.5 Å². The fourth-order valence-corrected chi connectivity index (χ4v) is 4.81. The van der Waals surface area contributed by atoms with Crippen LogP contribution < -0.4 is 15.2 Å². The molecule has 0 saturated heterocycles. The molecule has 8 heteroatoms. The second kappa shape index (κ2) is 13.8. The molecule has 40 heavy (non-hydrogen) atoms. The summed E-state index contributed by atoms with van der Waals surface area (Å²) in [6, 6.07) is 15.9. The molecule has 0 heterocycles. The summed E-state index contributed by atoms with van der Waals surface area (Å²) in [5, 5.41) is 1.69. The number of hydrogen-bond acceptors (Lipinski definition) is 7. The minimum atomic E-state index is -2.11. The lowest BCUT2D eigenvalue weighted by molar-refractivity contribution is -0.138. The van der Waals surface area contributed by atoms with Crippen LogP contribution in [-0.2, 0) is 9.59 Å². The van der Waals surface area contributed by atoms with E-state index < -0.39 is 29.2 Å². The number of carbonyl (C=O) groups is 4. The summed E-state index contributed by atoms with van der Waals surface area (Å²) < 4.78 is 10.7. The third-order valence-electron chi connectivity index (χ3n) is 7.15. The highest BCUT2D eigenvalue weighted by Crippen LogP contribution is 2.33. The van der Waals surface area contributed by atoms with E-state index in [0.29, 0.717) is 37.7 Å². The number of nitrogens with two attached hydrogens (primary N) is 1. The number of nitrogens with zero attached hydrogens (tertiary/aromatic N) is 1. The minimum Gasteiger partial charge on any atom is -0.493 e. The molecule has 8 nitrogen and oxygen atoms in total. The van der Waals surface area contributed by atoms with Crippen LogP contribution in [0.2, 0.25) is 0 Å². The topological polar surface area (TPSA) is 116 Å². The molecule has 212 valence electrons. The summed E-state index contributed by atoms with van der Waals surface area (Å²) in [5.74, 6) is -1.53. The number of ether oxygens (including phenoxy) is 2. The van der Waals surface area contributed by atoms with Crippen LogP contribution in [0.15, 0.2) is 60.7 Å². The fraction of sp³-hybridized carbons (Fsp3) is 0.375. The Morgan fingerprint density at radius 2 is 1.52 bits per heavy atom. The lowest BCUT2D eigenvalue weighted by atomic mass is 9.82. The third-order valence-corrected chi connectivity index (χ3v) is 7.15. The number of aldehydes is 1. The van der Waals surface area contributed by atoms with E-state index >= 15 is 0 Å². The molecule has 2 atom stereocenters. The molecular weight excluding hydrogens is 508 g/mol. The van der Waals surface area contributed by atoms with Crippen molar-refractivity contribution in [2.24, 2.45) is 5.73 Å². The van der Waals surface area contributed by atoms with Crippen LogP contribution in [0.4, 0.5) is 0 Å². The van der Waals surface area contributed by atoms with Gasteiger partial charge in [0.1, 0.15) is 0 Å². The van der Waals surface area contributed by atoms with Gasteiger partial charge >= 0.3 is 0 Å². The van der Waals surface area contributed by atoms with Crippen molar-refractivity contribution < 1.29 is 28.7 Å². The predicted octanol–water partition coefficient (Wildman–Crippen LogP) is 5.35. The average Bonchev–Trinajstić information content (AvgIpc) is 3.00. The van der Waals surface area contributed by atoms with E-state index in [1.165, 1.54) is 26.4 Å². The van der Waals surface area contributed by atoms with Crippen LogP contribution in [0, 0.1) is 0 Å². The molecule has 0 aliphatic heterocycles. The van der Waals surface area contributed by atoms with Gasteiger partial charge in [0.15, 0.2) is 29.1 Å². The predicted molar refractivity (Wildman–Crippen MR) is 155 cm³/mol. The Hall–Kier alpha value is -4.04.